The van der Waals surface area contributed by atoms with Gasteiger partial charge in [0.05, 0.1) is 0 Å². The summed E-state index contributed by atoms with van der Waals surface area (Å²) in [7, 11) is 0. The van der Waals surface area contributed by atoms with Crippen molar-refractivity contribution in [1.29, 1.82) is 0 Å². The van der Waals surface area contributed by atoms with E-state index in [0.29, 0.717) is 0 Å². The third-order valence-electron chi connectivity index (χ3n) is 3.94. The molecule has 92 valence electrons. The Kier molecular flexibility index (Phi) is 2.88. The first-order valence-electron chi connectivity index (χ1n) is 6.54. The van der Waals surface area contributed by atoms with Crippen LogP contribution in [0.2, 0.25) is 0 Å². The average molecular weight is 239 g/mol. The summed E-state index contributed by atoms with van der Waals surface area (Å²) in [6.45, 7) is 0. The molecule has 2 unspecified atom stereocenters. The Morgan fingerprint density at radius 2 is 1.83 bits per heavy atom. The van der Waals surface area contributed by atoms with Gasteiger partial charge >= 0.3 is 0 Å². The smallest absolute Gasteiger partial charge is 0.167 e. The number of ketones is 1. The van der Waals surface area contributed by atoms with Crippen molar-refractivity contribution in [3.05, 3.63) is 48.0 Å². The molecule has 0 heterocycles. The molecule has 0 bridgehead atoms. The predicted octanol–water partition coefficient (Wildman–Crippen LogP) is 3.15. The molecule has 0 amide bonds. The lowest BCUT2D eigenvalue weighted by Crippen LogP contribution is -2.30. The van der Waals surface area contributed by atoms with E-state index in [1.807, 2.05) is 36.4 Å². The zero-order valence-corrected chi connectivity index (χ0v) is 10.3. The largest absolute Gasteiger partial charge is 0.327 e. The van der Waals surface area contributed by atoms with Gasteiger partial charge in [-0.2, -0.15) is 0 Å². The van der Waals surface area contributed by atoms with Crippen LogP contribution in [0.1, 0.15) is 29.6 Å². The summed E-state index contributed by atoms with van der Waals surface area (Å²) in [5.74, 6) is 0.233. The topological polar surface area (TPSA) is 43.1 Å². The van der Waals surface area contributed by atoms with Gasteiger partial charge in [-0.15, -0.1) is 0 Å². The van der Waals surface area contributed by atoms with Gasteiger partial charge in [-0.05, 0) is 29.7 Å². The molecule has 0 saturated heterocycles. The van der Waals surface area contributed by atoms with Crippen LogP contribution in [0, 0.1) is 5.92 Å². The predicted molar refractivity (Wildman–Crippen MR) is 73.6 cm³/mol. The van der Waals surface area contributed by atoms with E-state index in [1.54, 1.807) is 0 Å². The van der Waals surface area contributed by atoms with Gasteiger partial charge in [-0.25, -0.2) is 0 Å². The minimum atomic E-state index is 0.0196. The Labute approximate surface area is 107 Å². The number of fused-ring (bicyclic) bond motifs is 1. The highest BCUT2D eigenvalue weighted by Crippen LogP contribution is 2.28. The van der Waals surface area contributed by atoms with Crippen molar-refractivity contribution < 1.29 is 4.79 Å². The summed E-state index contributed by atoms with van der Waals surface area (Å²) in [6, 6.07) is 14.1. The zero-order valence-electron chi connectivity index (χ0n) is 10.3. The second kappa shape index (κ2) is 4.54. The van der Waals surface area contributed by atoms with Crippen molar-refractivity contribution in [2.24, 2.45) is 11.7 Å². The van der Waals surface area contributed by atoms with Crippen LogP contribution >= 0.6 is 0 Å². The van der Waals surface area contributed by atoms with Gasteiger partial charge in [0, 0.05) is 17.5 Å². The molecule has 1 aliphatic carbocycles. The molecular weight excluding hydrogens is 222 g/mol. The summed E-state index contributed by atoms with van der Waals surface area (Å²) in [5, 5.41) is 2.29. The fourth-order valence-corrected chi connectivity index (χ4v) is 2.87. The molecule has 2 heteroatoms. The molecule has 1 fully saturated rings. The molecule has 1 aliphatic rings. The first kappa shape index (κ1) is 11.4. The number of carbonyl (C=O) groups excluding carboxylic acids is 1. The van der Waals surface area contributed by atoms with Crippen molar-refractivity contribution in [1.82, 2.24) is 0 Å². The number of nitrogens with two attached hydrogens (primary N) is 1. The molecule has 1 saturated carbocycles. The Morgan fingerprint density at radius 3 is 2.56 bits per heavy atom. The summed E-state index contributed by atoms with van der Waals surface area (Å²) >= 11 is 0. The number of hydrogen-bond donors (Lipinski definition) is 1. The lowest BCUT2D eigenvalue weighted by molar-refractivity contribution is 0.0913. The molecule has 0 spiro atoms. The third kappa shape index (κ3) is 1.93. The average Bonchev–Trinajstić information content (AvgIpc) is 2.83. The van der Waals surface area contributed by atoms with Crippen LogP contribution < -0.4 is 5.73 Å². The Balaban J connectivity index is 1.96. The van der Waals surface area contributed by atoms with Crippen LogP contribution in [0.25, 0.3) is 10.8 Å². The van der Waals surface area contributed by atoms with Gasteiger partial charge < -0.3 is 5.73 Å². The van der Waals surface area contributed by atoms with Gasteiger partial charge in [-0.1, -0.05) is 42.8 Å². The van der Waals surface area contributed by atoms with Crippen LogP contribution in [-0.2, 0) is 0 Å². The second-order valence-electron chi connectivity index (χ2n) is 5.13. The Hall–Kier alpha value is -1.67. The van der Waals surface area contributed by atoms with Crippen molar-refractivity contribution in [3.8, 4) is 0 Å². The van der Waals surface area contributed by atoms with Crippen LogP contribution in [0.4, 0.5) is 0 Å². The van der Waals surface area contributed by atoms with Crippen LogP contribution in [0.3, 0.4) is 0 Å². The van der Waals surface area contributed by atoms with E-state index >= 15 is 0 Å². The lowest BCUT2D eigenvalue weighted by Gasteiger charge is -2.14. The van der Waals surface area contributed by atoms with Crippen molar-refractivity contribution in [2.45, 2.75) is 25.3 Å². The summed E-state index contributed by atoms with van der Waals surface area (Å²) in [4.78, 5) is 12.4. The molecule has 2 nitrogen and oxygen atoms in total. The number of rotatable bonds is 2. The fraction of sp³-hybridized carbons (Fsp3) is 0.312. The molecule has 2 aromatic carbocycles. The van der Waals surface area contributed by atoms with Crippen molar-refractivity contribution in [2.75, 3.05) is 0 Å². The highest BCUT2D eigenvalue weighted by atomic mass is 16.1. The number of hydrogen-bond acceptors (Lipinski definition) is 2. The van der Waals surface area contributed by atoms with E-state index < -0.39 is 0 Å². The molecule has 0 radical (unpaired) electrons. The van der Waals surface area contributed by atoms with Gasteiger partial charge in [0.1, 0.15) is 0 Å². The van der Waals surface area contributed by atoms with E-state index in [9.17, 15) is 4.79 Å². The molecule has 3 rings (SSSR count). The summed E-state index contributed by atoms with van der Waals surface area (Å²) in [6.07, 6.45) is 2.99. The van der Waals surface area contributed by atoms with Crippen molar-refractivity contribution in [3.63, 3.8) is 0 Å². The SMILES string of the molecule is NC1CCCC1C(=O)c1ccc2ccccc2c1. The van der Waals surface area contributed by atoms with Gasteiger partial charge in [0.25, 0.3) is 0 Å². The van der Waals surface area contributed by atoms with E-state index in [-0.39, 0.29) is 17.7 Å². The van der Waals surface area contributed by atoms with Crippen molar-refractivity contribution >= 4 is 16.6 Å². The Bertz CT molecular complexity index is 590. The van der Waals surface area contributed by atoms with E-state index in [1.165, 1.54) is 5.39 Å². The number of carbonyl (C=O) groups is 1. The molecular formula is C16H17NO. The van der Waals surface area contributed by atoms with Crippen LogP contribution in [0.5, 0.6) is 0 Å². The highest BCUT2D eigenvalue weighted by molar-refractivity contribution is 6.01. The van der Waals surface area contributed by atoms with E-state index in [2.05, 4.69) is 6.07 Å². The molecule has 2 atom stereocenters. The molecule has 2 aromatic rings. The highest BCUT2D eigenvalue weighted by Gasteiger charge is 2.30. The first-order valence-corrected chi connectivity index (χ1v) is 6.54. The van der Waals surface area contributed by atoms with Gasteiger partial charge in [0.2, 0.25) is 0 Å². The van der Waals surface area contributed by atoms with E-state index in [4.69, 9.17) is 5.73 Å². The maximum Gasteiger partial charge on any atom is 0.167 e. The monoisotopic (exact) mass is 239 g/mol. The first-order chi connectivity index (χ1) is 8.75. The van der Waals surface area contributed by atoms with Gasteiger partial charge in [-0.3, -0.25) is 4.79 Å². The maximum absolute atomic E-state index is 12.4. The maximum atomic E-state index is 12.4. The Morgan fingerprint density at radius 1 is 1.06 bits per heavy atom. The normalized spacial score (nSPS) is 23.4. The minimum absolute atomic E-state index is 0.0196. The standard InChI is InChI=1S/C16H17NO/c17-15-7-3-6-14(15)16(18)13-9-8-11-4-1-2-5-12(11)10-13/h1-2,4-5,8-10,14-15H,3,6-7,17H2. The summed E-state index contributed by atoms with van der Waals surface area (Å²) in [5.41, 5.74) is 6.81. The molecule has 0 aromatic heterocycles. The third-order valence-corrected chi connectivity index (χ3v) is 3.94. The fourth-order valence-electron chi connectivity index (χ4n) is 2.87. The minimum Gasteiger partial charge on any atom is -0.327 e. The molecule has 18 heavy (non-hydrogen) atoms. The zero-order chi connectivity index (χ0) is 12.5. The van der Waals surface area contributed by atoms with E-state index in [0.717, 1.165) is 30.2 Å². The quantitative estimate of drug-likeness (QED) is 0.818. The molecule has 0 aliphatic heterocycles. The molecule has 2 N–H and O–H groups in total. The summed E-state index contributed by atoms with van der Waals surface area (Å²) < 4.78 is 0. The van der Waals surface area contributed by atoms with Crippen LogP contribution in [-0.4, -0.2) is 11.8 Å². The van der Waals surface area contributed by atoms with Crippen LogP contribution in [0.15, 0.2) is 42.5 Å². The second-order valence-corrected chi connectivity index (χ2v) is 5.13. The lowest BCUT2D eigenvalue weighted by atomic mass is 9.92. The van der Waals surface area contributed by atoms with Gasteiger partial charge in [0.15, 0.2) is 5.78 Å². The number of benzene rings is 2. The number of Topliss-reactive ketones (excluding diaryl/α,β-unsaturated/α-hetero) is 1.